The molecule has 0 spiro atoms. The molecule has 2 heterocycles. The molecule has 1 nitrogen and oxygen atoms in total. The quantitative estimate of drug-likeness (QED) is 0.200. The van der Waals surface area contributed by atoms with Crippen molar-refractivity contribution in [3.05, 3.63) is 89.1 Å². The van der Waals surface area contributed by atoms with E-state index >= 15 is 0 Å². The normalized spacial score (nSPS) is 13.0. The van der Waals surface area contributed by atoms with Gasteiger partial charge in [0.2, 0.25) is 0 Å². The second-order valence-electron chi connectivity index (χ2n) is 10.6. The van der Waals surface area contributed by atoms with Gasteiger partial charge in [-0.15, -0.1) is 11.3 Å². The lowest BCUT2D eigenvalue weighted by Gasteiger charge is -2.27. The lowest BCUT2D eigenvalue weighted by molar-refractivity contribution is -0.211. The van der Waals surface area contributed by atoms with Gasteiger partial charge in [0.15, 0.2) is 0 Å². The van der Waals surface area contributed by atoms with Gasteiger partial charge in [-0.2, -0.15) is 26.3 Å². The highest BCUT2D eigenvalue weighted by atomic mass is 32.1. The van der Waals surface area contributed by atoms with Crippen molar-refractivity contribution in [2.45, 2.75) is 46.5 Å². The molecule has 0 amide bonds. The number of aromatic nitrogens is 1. The average Bonchev–Trinajstić information content (AvgIpc) is 3.20. The van der Waals surface area contributed by atoms with Crippen LogP contribution in [0.2, 0.25) is 0 Å². The van der Waals surface area contributed by atoms with Crippen molar-refractivity contribution < 1.29 is 26.3 Å². The van der Waals surface area contributed by atoms with Gasteiger partial charge < -0.3 is 0 Å². The van der Waals surface area contributed by atoms with Crippen molar-refractivity contribution >= 4 is 31.5 Å². The average molecular weight is 558 g/mol. The molecule has 0 aliphatic rings. The SMILES string of the molecule is Cc1cc(C)cc(-c2nccc3c2sc2c(C(F)(F)F)c(-c4ccc(CC(C)(C)C(F)(F)F)cc4)ccc23)c1. The van der Waals surface area contributed by atoms with Gasteiger partial charge in [-0.3, -0.25) is 4.98 Å². The van der Waals surface area contributed by atoms with Gasteiger partial charge in [-0.25, -0.2) is 0 Å². The number of thiophene rings is 1. The first kappa shape index (κ1) is 27.2. The van der Waals surface area contributed by atoms with E-state index in [9.17, 15) is 26.3 Å². The summed E-state index contributed by atoms with van der Waals surface area (Å²) in [5.74, 6) is 0. The third-order valence-electron chi connectivity index (χ3n) is 7.01. The van der Waals surface area contributed by atoms with Gasteiger partial charge in [0.05, 0.1) is 21.4 Å². The van der Waals surface area contributed by atoms with E-state index in [1.54, 1.807) is 18.3 Å². The minimum atomic E-state index is -4.65. The lowest BCUT2D eigenvalue weighted by atomic mass is 9.84. The molecule has 8 heteroatoms. The lowest BCUT2D eigenvalue weighted by Crippen LogP contribution is -2.34. The summed E-state index contributed by atoms with van der Waals surface area (Å²) in [6.45, 7) is 6.15. The molecule has 5 aromatic rings. The predicted molar refractivity (Wildman–Crippen MR) is 146 cm³/mol. The number of hydrogen-bond acceptors (Lipinski definition) is 2. The molecule has 0 aliphatic carbocycles. The minimum absolute atomic E-state index is 0.0101. The predicted octanol–water partition coefficient (Wildman–Crippen LogP) is 10.6. The first-order chi connectivity index (χ1) is 18.2. The summed E-state index contributed by atoms with van der Waals surface area (Å²) in [6, 6.07) is 16.7. The number of nitrogens with zero attached hydrogens (tertiary/aromatic N) is 1. The van der Waals surface area contributed by atoms with Crippen LogP contribution in [0.5, 0.6) is 0 Å². The smallest absolute Gasteiger partial charge is 0.255 e. The molecule has 0 saturated carbocycles. The number of benzene rings is 3. The van der Waals surface area contributed by atoms with Gasteiger partial charge in [0.25, 0.3) is 0 Å². The third-order valence-corrected chi connectivity index (χ3v) is 8.26. The van der Waals surface area contributed by atoms with Crippen LogP contribution in [0, 0.1) is 19.3 Å². The van der Waals surface area contributed by atoms with Gasteiger partial charge >= 0.3 is 12.4 Å². The molecule has 39 heavy (non-hydrogen) atoms. The second-order valence-corrected chi connectivity index (χ2v) is 11.7. The fraction of sp³-hybridized carbons (Fsp3) is 0.258. The highest BCUT2D eigenvalue weighted by molar-refractivity contribution is 7.26. The first-order valence-corrected chi connectivity index (χ1v) is 13.1. The van der Waals surface area contributed by atoms with Crippen molar-refractivity contribution in [1.82, 2.24) is 4.98 Å². The monoisotopic (exact) mass is 557 g/mol. The van der Waals surface area contributed by atoms with Crippen molar-refractivity contribution in [1.29, 1.82) is 0 Å². The van der Waals surface area contributed by atoms with Crippen LogP contribution in [0.3, 0.4) is 0 Å². The van der Waals surface area contributed by atoms with Crippen molar-refractivity contribution in [2.75, 3.05) is 0 Å². The molecule has 202 valence electrons. The summed E-state index contributed by atoms with van der Waals surface area (Å²) in [6.07, 6.45) is -7.71. The Bertz CT molecular complexity index is 1670. The van der Waals surface area contributed by atoms with Crippen molar-refractivity contribution in [2.24, 2.45) is 5.41 Å². The maximum Gasteiger partial charge on any atom is 0.418 e. The summed E-state index contributed by atoms with van der Waals surface area (Å²) in [5, 5.41) is 1.18. The van der Waals surface area contributed by atoms with Gasteiger partial charge in [-0.05, 0) is 55.2 Å². The van der Waals surface area contributed by atoms with E-state index in [0.717, 1.165) is 41.9 Å². The molecule has 0 N–H and O–H groups in total. The Balaban J connectivity index is 1.67. The van der Waals surface area contributed by atoms with Gasteiger partial charge in [-0.1, -0.05) is 67.4 Å². The van der Waals surface area contributed by atoms with E-state index in [-0.39, 0.29) is 16.7 Å². The highest BCUT2D eigenvalue weighted by Crippen LogP contribution is 2.48. The summed E-state index contributed by atoms with van der Waals surface area (Å²) < 4.78 is 84.6. The molecular formula is C31H25F6NS. The fourth-order valence-electron chi connectivity index (χ4n) is 5.02. The Morgan fingerprint density at radius 2 is 1.33 bits per heavy atom. The van der Waals surface area contributed by atoms with E-state index < -0.39 is 23.3 Å². The summed E-state index contributed by atoms with van der Waals surface area (Å²) in [4.78, 5) is 4.53. The number of hydrogen-bond donors (Lipinski definition) is 0. The highest BCUT2D eigenvalue weighted by Gasteiger charge is 2.47. The number of aryl methyl sites for hydroxylation is 2. The molecule has 5 rings (SSSR count). The Hall–Kier alpha value is -3.39. The van der Waals surface area contributed by atoms with Gasteiger partial charge in [0, 0.05) is 27.2 Å². The second kappa shape index (κ2) is 9.37. The Morgan fingerprint density at radius 3 is 1.92 bits per heavy atom. The first-order valence-electron chi connectivity index (χ1n) is 12.3. The number of halogens is 6. The molecule has 0 saturated heterocycles. The van der Waals surface area contributed by atoms with E-state index in [4.69, 9.17) is 0 Å². The Morgan fingerprint density at radius 1 is 0.718 bits per heavy atom. The summed E-state index contributed by atoms with van der Waals surface area (Å²) in [5.41, 5.74) is 1.52. The van der Waals surface area contributed by atoms with Crippen LogP contribution >= 0.6 is 11.3 Å². The maximum absolute atomic E-state index is 14.6. The Kier molecular flexibility index (Phi) is 6.53. The molecule has 0 radical (unpaired) electrons. The van der Waals surface area contributed by atoms with Crippen LogP contribution < -0.4 is 0 Å². The minimum Gasteiger partial charge on any atom is -0.255 e. The van der Waals surface area contributed by atoms with E-state index in [2.05, 4.69) is 4.98 Å². The number of pyridine rings is 1. The molecule has 0 fully saturated rings. The van der Waals surface area contributed by atoms with Crippen LogP contribution in [0.15, 0.2) is 66.9 Å². The zero-order chi connectivity index (χ0) is 28.3. The molecule has 0 bridgehead atoms. The molecule has 3 aromatic carbocycles. The van der Waals surface area contributed by atoms with Crippen LogP contribution in [0.1, 0.15) is 36.1 Å². The Labute approximate surface area is 226 Å². The zero-order valence-corrected chi connectivity index (χ0v) is 22.5. The summed E-state index contributed by atoms with van der Waals surface area (Å²) >= 11 is 1.06. The van der Waals surface area contributed by atoms with Crippen LogP contribution in [0.4, 0.5) is 26.3 Å². The summed E-state index contributed by atoms with van der Waals surface area (Å²) in [7, 11) is 0. The topological polar surface area (TPSA) is 12.9 Å². The van der Waals surface area contributed by atoms with Crippen LogP contribution in [-0.4, -0.2) is 11.2 Å². The van der Waals surface area contributed by atoms with E-state index in [1.165, 1.54) is 30.3 Å². The van der Waals surface area contributed by atoms with Crippen LogP contribution in [0.25, 0.3) is 42.6 Å². The largest absolute Gasteiger partial charge is 0.418 e. The van der Waals surface area contributed by atoms with E-state index in [0.29, 0.717) is 32.3 Å². The third kappa shape index (κ3) is 5.02. The molecular weight excluding hydrogens is 532 g/mol. The van der Waals surface area contributed by atoms with Crippen molar-refractivity contribution in [3.63, 3.8) is 0 Å². The maximum atomic E-state index is 14.6. The standard InChI is InChI=1S/C31H25F6NS/c1-17-13-18(2)15-21(14-17)26-28-24(11-12-38-26)23-10-9-22(25(27(23)39-28)30(32,33)34)20-7-5-19(6-8-20)16-29(3,4)31(35,36)37/h5-15H,16H2,1-4H3. The zero-order valence-electron chi connectivity index (χ0n) is 21.7. The number of alkyl halides is 6. The molecule has 2 aromatic heterocycles. The van der Waals surface area contributed by atoms with E-state index in [1.807, 2.05) is 32.0 Å². The van der Waals surface area contributed by atoms with Crippen molar-refractivity contribution in [3.8, 4) is 22.4 Å². The molecule has 0 atom stereocenters. The number of rotatable bonds is 4. The number of fused-ring (bicyclic) bond motifs is 3. The fourth-order valence-corrected chi connectivity index (χ4v) is 6.39. The van der Waals surface area contributed by atoms with Gasteiger partial charge in [0.1, 0.15) is 0 Å². The molecule has 0 unspecified atom stereocenters. The molecule has 0 aliphatic heterocycles. The van der Waals surface area contributed by atoms with Crippen LogP contribution in [-0.2, 0) is 12.6 Å².